The second-order valence-electron chi connectivity index (χ2n) is 6.05. The summed E-state index contributed by atoms with van der Waals surface area (Å²) in [5, 5.41) is 3.25. The average molecular weight is 330 g/mol. The molecule has 0 radical (unpaired) electrons. The third-order valence-electron chi connectivity index (χ3n) is 4.07. The molecule has 0 bridgehead atoms. The van der Waals surface area contributed by atoms with Gasteiger partial charge in [0.05, 0.1) is 12.7 Å². The number of hydrogen-bond acceptors (Lipinski definition) is 4. The molecule has 1 saturated carbocycles. The van der Waals surface area contributed by atoms with Crippen LogP contribution in [-0.4, -0.2) is 49.6 Å². The molecule has 128 valence electrons. The molecule has 4 nitrogen and oxygen atoms in total. The van der Waals surface area contributed by atoms with E-state index in [9.17, 15) is 13.2 Å². The van der Waals surface area contributed by atoms with Crippen LogP contribution < -0.4 is 10.1 Å². The Bertz CT molecular complexity index is 520. The normalized spacial score (nSPS) is 23.0. The SMILES string of the molecule is FC(F)(F)Oc1cccc(CNCC2CN(C3CC3)CCO2)c1. The van der Waals surface area contributed by atoms with Crippen molar-refractivity contribution in [2.45, 2.75) is 37.9 Å². The Hall–Kier alpha value is -1.31. The van der Waals surface area contributed by atoms with Gasteiger partial charge in [-0.15, -0.1) is 13.2 Å². The lowest BCUT2D eigenvalue weighted by Crippen LogP contribution is -2.47. The molecule has 1 aromatic rings. The summed E-state index contributed by atoms with van der Waals surface area (Å²) >= 11 is 0. The molecular formula is C16H21F3N2O2. The third-order valence-corrected chi connectivity index (χ3v) is 4.07. The van der Waals surface area contributed by atoms with Gasteiger partial charge in [0.25, 0.3) is 0 Å². The molecule has 0 aromatic heterocycles. The molecule has 2 fully saturated rings. The maximum atomic E-state index is 12.2. The number of nitrogens with one attached hydrogen (secondary N) is 1. The van der Waals surface area contributed by atoms with Gasteiger partial charge >= 0.3 is 6.36 Å². The molecule has 1 aliphatic carbocycles. The number of halogens is 3. The maximum absolute atomic E-state index is 12.2. The van der Waals surface area contributed by atoms with E-state index >= 15 is 0 Å². The summed E-state index contributed by atoms with van der Waals surface area (Å²) in [4.78, 5) is 2.47. The largest absolute Gasteiger partial charge is 0.573 e. The van der Waals surface area contributed by atoms with E-state index in [1.807, 2.05) is 0 Å². The highest BCUT2D eigenvalue weighted by atomic mass is 19.4. The van der Waals surface area contributed by atoms with Gasteiger partial charge in [0.1, 0.15) is 5.75 Å². The number of nitrogens with zero attached hydrogens (tertiary/aromatic N) is 1. The van der Waals surface area contributed by atoms with Crippen LogP contribution in [0.2, 0.25) is 0 Å². The summed E-state index contributed by atoms with van der Waals surface area (Å²) in [5.74, 6) is -0.189. The number of rotatable bonds is 6. The summed E-state index contributed by atoms with van der Waals surface area (Å²) in [7, 11) is 0. The highest BCUT2D eigenvalue weighted by molar-refractivity contribution is 5.28. The lowest BCUT2D eigenvalue weighted by molar-refractivity contribution is -0.274. The molecule has 1 aliphatic heterocycles. The minimum absolute atomic E-state index is 0.138. The molecule has 1 heterocycles. The van der Waals surface area contributed by atoms with E-state index in [1.165, 1.54) is 25.0 Å². The maximum Gasteiger partial charge on any atom is 0.573 e. The van der Waals surface area contributed by atoms with Crippen molar-refractivity contribution in [2.75, 3.05) is 26.2 Å². The minimum Gasteiger partial charge on any atom is -0.406 e. The van der Waals surface area contributed by atoms with E-state index in [4.69, 9.17) is 4.74 Å². The second kappa shape index (κ2) is 7.07. The molecule has 1 N–H and O–H groups in total. The van der Waals surface area contributed by atoms with Gasteiger partial charge in [-0.1, -0.05) is 12.1 Å². The van der Waals surface area contributed by atoms with Crippen molar-refractivity contribution in [1.29, 1.82) is 0 Å². The van der Waals surface area contributed by atoms with Gasteiger partial charge in [-0.25, -0.2) is 0 Å². The van der Waals surface area contributed by atoms with Crippen LogP contribution in [-0.2, 0) is 11.3 Å². The van der Waals surface area contributed by atoms with Gasteiger partial charge < -0.3 is 14.8 Å². The standard InChI is InChI=1S/C16H21F3N2O2/c17-16(18,19)23-14-3-1-2-12(8-14)9-20-10-15-11-21(6-7-22-15)13-4-5-13/h1-3,8,13,15,20H,4-7,9-11H2. The first-order chi connectivity index (χ1) is 11.0. The van der Waals surface area contributed by atoms with Crippen LogP contribution in [0, 0.1) is 0 Å². The Morgan fingerprint density at radius 2 is 2.13 bits per heavy atom. The van der Waals surface area contributed by atoms with E-state index in [-0.39, 0.29) is 11.9 Å². The predicted octanol–water partition coefficient (Wildman–Crippen LogP) is 2.54. The minimum atomic E-state index is -4.66. The summed E-state index contributed by atoms with van der Waals surface area (Å²) < 4.78 is 46.3. The molecular weight excluding hydrogens is 309 g/mol. The zero-order valence-corrected chi connectivity index (χ0v) is 12.8. The smallest absolute Gasteiger partial charge is 0.406 e. The Labute approximate surface area is 133 Å². The molecule has 0 spiro atoms. The van der Waals surface area contributed by atoms with Crippen LogP contribution in [0.3, 0.4) is 0 Å². The van der Waals surface area contributed by atoms with Crippen molar-refractivity contribution < 1.29 is 22.6 Å². The quantitative estimate of drug-likeness (QED) is 0.869. The molecule has 7 heteroatoms. The van der Waals surface area contributed by atoms with Crippen molar-refractivity contribution in [1.82, 2.24) is 10.2 Å². The number of alkyl halides is 3. The second-order valence-corrected chi connectivity index (χ2v) is 6.05. The first kappa shape index (κ1) is 16.5. The van der Waals surface area contributed by atoms with Gasteiger partial charge in [0.15, 0.2) is 0 Å². The zero-order valence-electron chi connectivity index (χ0n) is 12.8. The molecule has 1 saturated heterocycles. The number of morpholine rings is 1. The molecule has 2 aliphatic rings. The van der Waals surface area contributed by atoms with Crippen molar-refractivity contribution in [2.24, 2.45) is 0 Å². The zero-order chi connectivity index (χ0) is 16.3. The van der Waals surface area contributed by atoms with Crippen LogP contribution in [0.1, 0.15) is 18.4 Å². The summed E-state index contributed by atoms with van der Waals surface area (Å²) in [6, 6.07) is 6.77. The Kier molecular flexibility index (Phi) is 5.08. The fourth-order valence-corrected chi connectivity index (χ4v) is 2.87. The average Bonchev–Trinajstić information content (AvgIpc) is 3.31. The molecule has 3 rings (SSSR count). The van der Waals surface area contributed by atoms with Gasteiger partial charge in [-0.3, -0.25) is 4.90 Å². The predicted molar refractivity (Wildman–Crippen MR) is 79.2 cm³/mol. The number of benzene rings is 1. The molecule has 1 aromatic carbocycles. The topological polar surface area (TPSA) is 33.7 Å². The lowest BCUT2D eigenvalue weighted by Gasteiger charge is -2.33. The van der Waals surface area contributed by atoms with Crippen LogP contribution in [0.25, 0.3) is 0 Å². The summed E-state index contributed by atoms with van der Waals surface area (Å²) in [5.41, 5.74) is 0.751. The summed E-state index contributed by atoms with van der Waals surface area (Å²) in [6.07, 6.45) is -1.95. The monoisotopic (exact) mass is 330 g/mol. The van der Waals surface area contributed by atoms with E-state index in [0.29, 0.717) is 13.1 Å². The van der Waals surface area contributed by atoms with Crippen LogP contribution >= 0.6 is 0 Å². The van der Waals surface area contributed by atoms with E-state index in [2.05, 4.69) is 15.0 Å². The molecule has 0 amide bonds. The highest BCUT2D eigenvalue weighted by Gasteiger charge is 2.33. The number of ether oxygens (including phenoxy) is 2. The Morgan fingerprint density at radius 1 is 1.30 bits per heavy atom. The molecule has 23 heavy (non-hydrogen) atoms. The van der Waals surface area contributed by atoms with Crippen molar-refractivity contribution in [3.8, 4) is 5.75 Å². The fourth-order valence-electron chi connectivity index (χ4n) is 2.87. The van der Waals surface area contributed by atoms with Crippen LogP contribution in [0.5, 0.6) is 5.75 Å². The van der Waals surface area contributed by atoms with E-state index in [0.717, 1.165) is 31.3 Å². The third kappa shape index (κ3) is 5.37. The fraction of sp³-hybridized carbons (Fsp3) is 0.625. The lowest BCUT2D eigenvalue weighted by atomic mass is 10.2. The molecule has 1 atom stereocenters. The van der Waals surface area contributed by atoms with Gasteiger partial charge in [-0.2, -0.15) is 0 Å². The Balaban J connectivity index is 1.44. The number of hydrogen-bond donors (Lipinski definition) is 1. The van der Waals surface area contributed by atoms with Gasteiger partial charge in [-0.05, 0) is 30.5 Å². The van der Waals surface area contributed by atoms with Gasteiger partial charge in [0, 0.05) is 32.2 Å². The highest BCUT2D eigenvalue weighted by Crippen LogP contribution is 2.28. The Morgan fingerprint density at radius 3 is 2.87 bits per heavy atom. The van der Waals surface area contributed by atoms with E-state index in [1.54, 1.807) is 12.1 Å². The summed E-state index contributed by atoms with van der Waals surface area (Å²) in [6.45, 7) is 3.84. The van der Waals surface area contributed by atoms with Crippen LogP contribution in [0.15, 0.2) is 24.3 Å². The first-order valence-corrected chi connectivity index (χ1v) is 7.91. The van der Waals surface area contributed by atoms with Crippen molar-refractivity contribution >= 4 is 0 Å². The first-order valence-electron chi connectivity index (χ1n) is 7.91. The van der Waals surface area contributed by atoms with Gasteiger partial charge in [0.2, 0.25) is 0 Å². The molecule has 1 unspecified atom stereocenters. The van der Waals surface area contributed by atoms with Crippen molar-refractivity contribution in [3.05, 3.63) is 29.8 Å². The van der Waals surface area contributed by atoms with E-state index < -0.39 is 6.36 Å². The van der Waals surface area contributed by atoms with Crippen molar-refractivity contribution in [3.63, 3.8) is 0 Å². The van der Waals surface area contributed by atoms with Crippen LogP contribution in [0.4, 0.5) is 13.2 Å².